The van der Waals surface area contributed by atoms with Crippen LogP contribution in [0.2, 0.25) is 0 Å². The van der Waals surface area contributed by atoms with Crippen molar-refractivity contribution < 1.29 is 15.0 Å². The van der Waals surface area contributed by atoms with Crippen molar-refractivity contribution in [2.75, 3.05) is 13.2 Å². The first-order valence-electron chi connectivity index (χ1n) is 5.30. The van der Waals surface area contributed by atoms with Crippen LogP contribution >= 0.6 is 11.3 Å². The summed E-state index contributed by atoms with van der Waals surface area (Å²) in [5.74, 6) is -0.0796. The van der Waals surface area contributed by atoms with Gasteiger partial charge in [0, 0.05) is 17.8 Å². The molecule has 0 aliphatic carbocycles. The molecule has 16 heavy (non-hydrogen) atoms. The number of carbonyl (C=O) groups excluding carboxylic acids is 1. The molecule has 0 saturated carbocycles. The number of aryl methyl sites for hydroxylation is 1. The third kappa shape index (κ3) is 5.25. The van der Waals surface area contributed by atoms with Crippen LogP contribution in [-0.4, -0.2) is 35.4 Å². The van der Waals surface area contributed by atoms with Gasteiger partial charge in [0.2, 0.25) is 5.91 Å². The van der Waals surface area contributed by atoms with Crippen LogP contribution in [0.25, 0.3) is 0 Å². The first-order chi connectivity index (χ1) is 7.72. The molecule has 0 aromatic carbocycles. The maximum atomic E-state index is 11.3. The van der Waals surface area contributed by atoms with Gasteiger partial charge in [0.15, 0.2) is 0 Å². The molecule has 5 heteroatoms. The second-order valence-corrected chi connectivity index (χ2v) is 4.61. The fourth-order valence-electron chi connectivity index (χ4n) is 1.26. The number of aliphatic hydroxyl groups excluding tert-OH is 2. The van der Waals surface area contributed by atoms with Gasteiger partial charge >= 0.3 is 0 Å². The van der Waals surface area contributed by atoms with Gasteiger partial charge in [-0.2, -0.15) is 0 Å². The summed E-state index contributed by atoms with van der Waals surface area (Å²) < 4.78 is 0. The summed E-state index contributed by atoms with van der Waals surface area (Å²) in [4.78, 5) is 12.6. The second kappa shape index (κ2) is 7.38. The number of nitrogens with one attached hydrogen (secondary N) is 1. The average Bonchev–Trinajstić information content (AvgIpc) is 2.79. The minimum atomic E-state index is -0.860. The van der Waals surface area contributed by atoms with Crippen molar-refractivity contribution in [3.63, 3.8) is 0 Å². The minimum absolute atomic E-state index is 0.0796. The molecule has 1 rings (SSSR count). The van der Waals surface area contributed by atoms with Gasteiger partial charge in [-0.3, -0.25) is 4.79 Å². The quantitative estimate of drug-likeness (QED) is 0.654. The van der Waals surface area contributed by atoms with Crippen LogP contribution in [0.5, 0.6) is 0 Å². The molecule has 1 unspecified atom stereocenters. The summed E-state index contributed by atoms with van der Waals surface area (Å²) in [6.07, 6.45) is 1.31. The van der Waals surface area contributed by atoms with E-state index in [1.807, 2.05) is 11.4 Å². The molecule has 3 N–H and O–H groups in total. The summed E-state index contributed by atoms with van der Waals surface area (Å²) in [5, 5.41) is 22.2. The summed E-state index contributed by atoms with van der Waals surface area (Å²) in [5.41, 5.74) is 0. The van der Waals surface area contributed by atoms with Gasteiger partial charge in [-0.15, -0.1) is 11.3 Å². The second-order valence-electron chi connectivity index (χ2n) is 3.57. The zero-order chi connectivity index (χ0) is 11.8. The van der Waals surface area contributed by atoms with Gasteiger partial charge in [-0.1, -0.05) is 6.07 Å². The molecule has 0 bridgehead atoms. The van der Waals surface area contributed by atoms with Gasteiger partial charge in [-0.25, -0.2) is 0 Å². The molecule has 0 fully saturated rings. The van der Waals surface area contributed by atoms with Crippen LogP contribution in [0, 0.1) is 0 Å². The number of carbonyl (C=O) groups is 1. The number of amides is 1. The first kappa shape index (κ1) is 13.2. The smallest absolute Gasteiger partial charge is 0.220 e. The Morgan fingerprint density at radius 3 is 3.00 bits per heavy atom. The highest BCUT2D eigenvalue weighted by molar-refractivity contribution is 7.09. The molecule has 90 valence electrons. The van der Waals surface area contributed by atoms with Crippen molar-refractivity contribution in [2.24, 2.45) is 0 Å². The summed E-state index contributed by atoms with van der Waals surface area (Å²) >= 11 is 1.69. The zero-order valence-electron chi connectivity index (χ0n) is 9.06. The van der Waals surface area contributed by atoms with E-state index < -0.39 is 6.10 Å². The highest BCUT2D eigenvalue weighted by atomic mass is 32.1. The molecule has 1 atom stereocenters. The van der Waals surface area contributed by atoms with Crippen molar-refractivity contribution in [2.45, 2.75) is 25.4 Å². The largest absolute Gasteiger partial charge is 0.394 e. The summed E-state index contributed by atoms with van der Waals surface area (Å²) in [7, 11) is 0. The standard InChI is InChI=1S/C11H17NO3S/c13-8-9(14)7-12-11(15)5-1-3-10-4-2-6-16-10/h2,4,6,9,13-14H,1,3,5,7-8H2,(H,12,15). The van der Waals surface area contributed by atoms with Gasteiger partial charge in [0.05, 0.1) is 12.7 Å². The molecule has 0 aliphatic rings. The van der Waals surface area contributed by atoms with E-state index in [0.29, 0.717) is 6.42 Å². The molecule has 1 aromatic heterocycles. The molecule has 0 saturated heterocycles. The van der Waals surface area contributed by atoms with Crippen molar-refractivity contribution in [3.8, 4) is 0 Å². The predicted octanol–water partition coefficient (Wildman–Crippen LogP) is 0.540. The van der Waals surface area contributed by atoms with E-state index in [1.165, 1.54) is 4.88 Å². The molecular formula is C11H17NO3S. The van der Waals surface area contributed by atoms with Gasteiger partial charge in [0.1, 0.15) is 0 Å². The fourth-order valence-corrected chi connectivity index (χ4v) is 2.01. The Morgan fingerprint density at radius 1 is 1.56 bits per heavy atom. The van der Waals surface area contributed by atoms with Crippen molar-refractivity contribution in [1.29, 1.82) is 0 Å². The molecule has 0 radical (unpaired) electrons. The Kier molecular flexibility index (Phi) is 6.07. The molecule has 1 aromatic rings. The maximum absolute atomic E-state index is 11.3. The molecule has 1 amide bonds. The highest BCUT2D eigenvalue weighted by Crippen LogP contribution is 2.11. The van der Waals surface area contributed by atoms with Crippen molar-refractivity contribution in [3.05, 3.63) is 22.4 Å². The van der Waals surface area contributed by atoms with Crippen LogP contribution < -0.4 is 5.32 Å². The fraction of sp³-hybridized carbons (Fsp3) is 0.545. The third-order valence-electron chi connectivity index (χ3n) is 2.15. The third-order valence-corrected chi connectivity index (χ3v) is 3.09. The lowest BCUT2D eigenvalue weighted by Crippen LogP contribution is -2.33. The Hall–Kier alpha value is -0.910. The number of thiophene rings is 1. The van der Waals surface area contributed by atoms with Gasteiger partial charge in [-0.05, 0) is 24.3 Å². The summed E-state index contributed by atoms with van der Waals surface area (Å²) in [6.45, 7) is -0.205. The van der Waals surface area contributed by atoms with Crippen molar-refractivity contribution >= 4 is 17.2 Å². The Bertz CT molecular complexity index is 300. The Labute approximate surface area is 98.9 Å². The lowest BCUT2D eigenvalue weighted by Gasteiger charge is -2.08. The van der Waals surface area contributed by atoms with E-state index in [4.69, 9.17) is 10.2 Å². The normalized spacial score (nSPS) is 12.4. The van der Waals surface area contributed by atoms with E-state index >= 15 is 0 Å². The molecule has 0 aliphatic heterocycles. The molecule has 4 nitrogen and oxygen atoms in total. The SMILES string of the molecule is O=C(CCCc1cccs1)NCC(O)CO. The van der Waals surface area contributed by atoms with E-state index in [2.05, 4.69) is 11.4 Å². The molecule has 0 spiro atoms. The van der Waals surface area contributed by atoms with Crippen LogP contribution in [-0.2, 0) is 11.2 Å². The molecular weight excluding hydrogens is 226 g/mol. The number of rotatable bonds is 7. The molecule has 1 heterocycles. The Balaban J connectivity index is 2.06. The van der Waals surface area contributed by atoms with E-state index in [-0.39, 0.29) is 19.1 Å². The minimum Gasteiger partial charge on any atom is -0.394 e. The van der Waals surface area contributed by atoms with Crippen LogP contribution in [0.4, 0.5) is 0 Å². The zero-order valence-corrected chi connectivity index (χ0v) is 9.87. The monoisotopic (exact) mass is 243 g/mol. The lowest BCUT2D eigenvalue weighted by atomic mass is 10.2. The van der Waals surface area contributed by atoms with Crippen LogP contribution in [0.3, 0.4) is 0 Å². The van der Waals surface area contributed by atoms with Crippen LogP contribution in [0.1, 0.15) is 17.7 Å². The Morgan fingerprint density at radius 2 is 2.38 bits per heavy atom. The highest BCUT2D eigenvalue weighted by Gasteiger charge is 2.05. The van der Waals surface area contributed by atoms with E-state index in [9.17, 15) is 4.79 Å². The number of aliphatic hydroxyl groups is 2. The van der Waals surface area contributed by atoms with Gasteiger partial charge < -0.3 is 15.5 Å². The topological polar surface area (TPSA) is 69.6 Å². The maximum Gasteiger partial charge on any atom is 0.220 e. The summed E-state index contributed by atoms with van der Waals surface area (Å²) in [6, 6.07) is 4.05. The van der Waals surface area contributed by atoms with E-state index in [0.717, 1.165) is 12.8 Å². The first-order valence-corrected chi connectivity index (χ1v) is 6.18. The van der Waals surface area contributed by atoms with Crippen LogP contribution in [0.15, 0.2) is 17.5 Å². The number of hydrogen-bond acceptors (Lipinski definition) is 4. The number of hydrogen-bond donors (Lipinski definition) is 3. The van der Waals surface area contributed by atoms with Crippen molar-refractivity contribution in [1.82, 2.24) is 5.32 Å². The lowest BCUT2D eigenvalue weighted by molar-refractivity contribution is -0.121. The average molecular weight is 243 g/mol. The van der Waals surface area contributed by atoms with E-state index in [1.54, 1.807) is 11.3 Å². The van der Waals surface area contributed by atoms with Gasteiger partial charge in [0.25, 0.3) is 0 Å². The predicted molar refractivity (Wildman–Crippen MR) is 63.4 cm³/mol.